The summed E-state index contributed by atoms with van der Waals surface area (Å²) in [5.41, 5.74) is 14.5. The van der Waals surface area contributed by atoms with Gasteiger partial charge in [-0.1, -0.05) is 6.07 Å². The third-order valence-corrected chi connectivity index (χ3v) is 3.39. The first-order valence-electron chi connectivity index (χ1n) is 5.70. The zero-order valence-corrected chi connectivity index (χ0v) is 12.0. The Morgan fingerprint density at radius 1 is 1.16 bits per heavy atom. The standard InChI is InChI=1S/C14H14BrN3O/c1-8-2-4-11(15)13(6-8)18-12-5-3-9(16)7-10(12)14(17)19/h2-7,18H,16H2,1H3,(H2,17,19). The summed E-state index contributed by atoms with van der Waals surface area (Å²) in [5, 5.41) is 3.19. The van der Waals surface area contributed by atoms with Crippen molar-refractivity contribution in [1.29, 1.82) is 0 Å². The molecule has 0 saturated carbocycles. The van der Waals surface area contributed by atoms with E-state index in [0.29, 0.717) is 16.9 Å². The maximum atomic E-state index is 11.4. The van der Waals surface area contributed by atoms with Crippen LogP contribution in [0.3, 0.4) is 0 Å². The Kier molecular flexibility index (Phi) is 3.76. The summed E-state index contributed by atoms with van der Waals surface area (Å²) in [5.74, 6) is -0.515. The summed E-state index contributed by atoms with van der Waals surface area (Å²) in [7, 11) is 0. The lowest BCUT2D eigenvalue weighted by Gasteiger charge is -2.13. The fraction of sp³-hybridized carbons (Fsp3) is 0.0714. The van der Waals surface area contributed by atoms with Crippen LogP contribution in [-0.2, 0) is 0 Å². The molecule has 0 saturated heterocycles. The van der Waals surface area contributed by atoms with Crippen LogP contribution < -0.4 is 16.8 Å². The van der Waals surface area contributed by atoms with Crippen molar-refractivity contribution in [2.24, 2.45) is 5.73 Å². The fourth-order valence-electron chi connectivity index (χ4n) is 1.75. The smallest absolute Gasteiger partial charge is 0.250 e. The summed E-state index contributed by atoms with van der Waals surface area (Å²) >= 11 is 3.46. The van der Waals surface area contributed by atoms with E-state index in [2.05, 4.69) is 21.2 Å². The van der Waals surface area contributed by atoms with E-state index in [1.54, 1.807) is 18.2 Å². The largest absolute Gasteiger partial charge is 0.399 e. The van der Waals surface area contributed by atoms with Gasteiger partial charge in [0.2, 0.25) is 0 Å². The molecular formula is C14H14BrN3O. The van der Waals surface area contributed by atoms with Gasteiger partial charge in [0.1, 0.15) is 0 Å². The number of nitrogens with two attached hydrogens (primary N) is 2. The second-order valence-electron chi connectivity index (χ2n) is 4.28. The van der Waals surface area contributed by atoms with E-state index in [1.165, 1.54) is 0 Å². The third-order valence-electron chi connectivity index (χ3n) is 2.70. The van der Waals surface area contributed by atoms with E-state index < -0.39 is 5.91 Å². The lowest BCUT2D eigenvalue weighted by atomic mass is 10.1. The second-order valence-corrected chi connectivity index (χ2v) is 5.13. The van der Waals surface area contributed by atoms with Crippen molar-refractivity contribution >= 4 is 38.9 Å². The Bertz CT molecular complexity index is 641. The van der Waals surface area contributed by atoms with Crippen LogP contribution in [0.2, 0.25) is 0 Å². The maximum absolute atomic E-state index is 11.4. The highest BCUT2D eigenvalue weighted by atomic mass is 79.9. The molecule has 0 unspecified atom stereocenters. The molecule has 0 aliphatic rings. The SMILES string of the molecule is Cc1ccc(Br)c(Nc2ccc(N)cc2C(N)=O)c1. The van der Waals surface area contributed by atoms with E-state index in [9.17, 15) is 4.79 Å². The van der Waals surface area contributed by atoms with Gasteiger partial charge in [0.25, 0.3) is 5.91 Å². The molecule has 0 aromatic heterocycles. The lowest BCUT2D eigenvalue weighted by molar-refractivity contribution is 0.100. The van der Waals surface area contributed by atoms with Gasteiger partial charge >= 0.3 is 0 Å². The molecule has 2 rings (SSSR count). The molecule has 0 fully saturated rings. The van der Waals surface area contributed by atoms with Crippen molar-refractivity contribution in [3.05, 3.63) is 52.0 Å². The van der Waals surface area contributed by atoms with Gasteiger partial charge in [0.05, 0.1) is 16.9 Å². The summed E-state index contributed by atoms with van der Waals surface area (Å²) in [4.78, 5) is 11.4. The van der Waals surface area contributed by atoms with E-state index >= 15 is 0 Å². The molecule has 0 heterocycles. The molecule has 2 aromatic carbocycles. The molecule has 5 heteroatoms. The average Bonchev–Trinajstić information content (AvgIpc) is 2.35. The van der Waals surface area contributed by atoms with E-state index in [1.807, 2.05) is 25.1 Å². The monoisotopic (exact) mass is 319 g/mol. The van der Waals surface area contributed by atoms with Gasteiger partial charge in [-0.25, -0.2) is 0 Å². The van der Waals surface area contributed by atoms with Crippen LogP contribution in [-0.4, -0.2) is 5.91 Å². The van der Waals surface area contributed by atoms with Gasteiger partial charge in [0.15, 0.2) is 0 Å². The Morgan fingerprint density at radius 3 is 2.58 bits per heavy atom. The van der Waals surface area contributed by atoms with E-state index in [-0.39, 0.29) is 0 Å². The van der Waals surface area contributed by atoms with Crippen LogP contribution in [0.5, 0.6) is 0 Å². The predicted molar refractivity (Wildman–Crippen MR) is 81.5 cm³/mol. The number of nitrogens with one attached hydrogen (secondary N) is 1. The second kappa shape index (κ2) is 5.32. The molecule has 98 valence electrons. The molecule has 0 spiro atoms. The van der Waals surface area contributed by atoms with Crippen molar-refractivity contribution in [3.63, 3.8) is 0 Å². The summed E-state index contributed by atoms with van der Waals surface area (Å²) in [6.07, 6.45) is 0. The number of carbonyl (C=O) groups excluding carboxylic acids is 1. The fourth-order valence-corrected chi connectivity index (χ4v) is 2.10. The van der Waals surface area contributed by atoms with Gasteiger partial charge in [0, 0.05) is 10.2 Å². The summed E-state index contributed by atoms with van der Waals surface area (Å²) < 4.78 is 0.908. The lowest BCUT2D eigenvalue weighted by Crippen LogP contribution is -2.13. The summed E-state index contributed by atoms with van der Waals surface area (Å²) in [6, 6.07) is 10.9. The first kappa shape index (κ1) is 13.4. The van der Waals surface area contributed by atoms with Crippen LogP contribution in [0.25, 0.3) is 0 Å². The number of nitrogen functional groups attached to an aromatic ring is 1. The topological polar surface area (TPSA) is 81.1 Å². The Morgan fingerprint density at radius 2 is 1.89 bits per heavy atom. The molecule has 5 N–H and O–H groups in total. The predicted octanol–water partition coefficient (Wildman–Crippen LogP) is 3.18. The molecule has 0 aliphatic heterocycles. The number of primary amides is 1. The minimum Gasteiger partial charge on any atom is -0.399 e. The van der Waals surface area contributed by atoms with Gasteiger partial charge in [-0.2, -0.15) is 0 Å². The number of hydrogen-bond acceptors (Lipinski definition) is 3. The average molecular weight is 320 g/mol. The first-order valence-corrected chi connectivity index (χ1v) is 6.49. The van der Waals surface area contributed by atoms with Crippen LogP contribution in [0.15, 0.2) is 40.9 Å². The van der Waals surface area contributed by atoms with Gasteiger partial charge in [-0.3, -0.25) is 4.79 Å². The minimum atomic E-state index is -0.515. The number of benzene rings is 2. The Hall–Kier alpha value is -2.01. The van der Waals surface area contributed by atoms with Crippen molar-refractivity contribution < 1.29 is 4.79 Å². The molecule has 4 nitrogen and oxygen atoms in total. The van der Waals surface area contributed by atoms with Crippen LogP contribution in [0.1, 0.15) is 15.9 Å². The summed E-state index contributed by atoms with van der Waals surface area (Å²) in [6.45, 7) is 2.00. The van der Waals surface area contributed by atoms with Gasteiger partial charge in [-0.05, 0) is 58.7 Å². The molecule has 0 aliphatic carbocycles. The first-order chi connectivity index (χ1) is 8.97. The van der Waals surface area contributed by atoms with Gasteiger partial charge in [-0.15, -0.1) is 0 Å². The molecule has 0 radical (unpaired) electrons. The van der Waals surface area contributed by atoms with Crippen LogP contribution >= 0.6 is 15.9 Å². The van der Waals surface area contributed by atoms with Crippen molar-refractivity contribution in [3.8, 4) is 0 Å². The molecular weight excluding hydrogens is 306 g/mol. The number of hydrogen-bond donors (Lipinski definition) is 3. The highest BCUT2D eigenvalue weighted by Gasteiger charge is 2.10. The van der Waals surface area contributed by atoms with E-state index in [0.717, 1.165) is 15.7 Å². The maximum Gasteiger partial charge on any atom is 0.250 e. The van der Waals surface area contributed by atoms with Crippen LogP contribution in [0, 0.1) is 6.92 Å². The zero-order chi connectivity index (χ0) is 14.0. The molecule has 1 amide bonds. The minimum absolute atomic E-state index is 0.369. The molecule has 0 bridgehead atoms. The van der Waals surface area contributed by atoms with Crippen molar-refractivity contribution in [2.75, 3.05) is 11.1 Å². The third kappa shape index (κ3) is 3.06. The molecule has 2 aromatic rings. The highest BCUT2D eigenvalue weighted by Crippen LogP contribution is 2.29. The quantitative estimate of drug-likeness (QED) is 0.760. The zero-order valence-electron chi connectivity index (χ0n) is 10.4. The normalized spacial score (nSPS) is 10.2. The van der Waals surface area contributed by atoms with Crippen molar-refractivity contribution in [2.45, 2.75) is 6.92 Å². The number of rotatable bonds is 3. The number of halogens is 1. The Balaban J connectivity index is 2.43. The number of anilines is 3. The molecule has 0 atom stereocenters. The Labute approximate surface area is 119 Å². The number of amides is 1. The van der Waals surface area contributed by atoms with Crippen LogP contribution in [0.4, 0.5) is 17.1 Å². The number of aryl methyl sites for hydroxylation is 1. The molecule has 19 heavy (non-hydrogen) atoms. The number of carbonyl (C=O) groups is 1. The van der Waals surface area contributed by atoms with E-state index in [4.69, 9.17) is 11.5 Å². The van der Waals surface area contributed by atoms with Crippen molar-refractivity contribution in [1.82, 2.24) is 0 Å². The van der Waals surface area contributed by atoms with Gasteiger partial charge < -0.3 is 16.8 Å². The highest BCUT2D eigenvalue weighted by molar-refractivity contribution is 9.10.